The van der Waals surface area contributed by atoms with E-state index in [1.807, 2.05) is 37.3 Å². The highest BCUT2D eigenvalue weighted by molar-refractivity contribution is 7.90. The molecule has 124 valence electrons. The van der Waals surface area contributed by atoms with Crippen LogP contribution < -0.4 is 4.74 Å². The Bertz CT molecular complexity index is 921. The van der Waals surface area contributed by atoms with Crippen molar-refractivity contribution in [2.24, 2.45) is 0 Å². The van der Waals surface area contributed by atoms with Crippen LogP contribution >= 0.6 is 0 Å². The quantitative estimate of drug-likeness (QED) is 0.705. The van der Waals surface area contributed by atoms with Gasteiger partial charge in [-0.05, 0) is 53.7 Å². The fourth-order valence-electron chi connectivity index (χ4n) is 2.22. The topological polar surface area (TPSA) is 87.0 Å². The maximum absolute atomic E-state index is 11.5. The van der Waals surface area contributed by atoms with E-state index >= 15 is 0 Å². The fourth-order valence-corrected chi connectivity index (χ4v) is 2.85. The standard InChI is InChI=1S/C16H16N4O3S/c1-12(23-14-8-10-15(11-9-14)24(2,21)22)16-17-18-19-20(16)13-6-4-3-5-7-13/h3-12H,1-2H3/t12-/m1/s1. The first kappa shape index (κ1) is 16.1. The van der Waals surface area contributed by atoms with Crippen molar-refractivity contribution in [3.63, 3.8) is 0 Å². The summed E-state index contributed by atoms with van der Waals surface area (Å²) in [5, 5.41) is 11.7. The summed E-state index contributed by atoms with van der Waals surface area (Å²) in [6.07, 6.45) is 0.753. The lowest BCUT2D eigenvalue weighted by atomic mass is 10.3. The summed E-state index contributed by atoms with van der Waals surface area (Å²) in [7, 11) is -3.23. The van der Waals surface area contributed by atoms with E-state index in [1.54, 1.807) is 16.8 Å². The number of nitrogens with zero attached hydrogens (tertiary/aromatic N) is 4. The Balaban J connectivity index is 1.81. The first-order valence-corrected chi connectivity index (χ1v) is 9.15. The van der Waals surface area contributed by atoms with Gasteiger partial charge in [-0.25, -0.2) is 8.42 Å². The van der Waals surface area contributed by atoms with Crippen molar-refractivity contribution in [2.45, 2.75) is 17.9 Å². The second kappa shape index (κ2) is 6.40. The van der Waals surface area contributed by atoms with Crippen LogP contribution in [0.25, 0.3) is 5.69 Å². The molecular formula is C16H16N4O3S. The van der Waals surface area contributed by atoms with Crippen molar-refractivity contribution in [1.82, 2.24) is 20.2 Å². The summed E-state index contributed by atoms with van der Waals surface area (Å²) in [6, 6.07) is 15.8. The number of aromatic nitrogens is 4. The maximum Gasteiger partial charge on any atom is 0.196 e. The van der Waals surface area contributed by atoms with E-state index < -0.39 is 15.9 Å². The maximum atomic E-state index is 11.5. The molecular weight excluding hydrogens is 328 g/mol. The van der Waals surface area contributed by atoms with Crippen molar-refractivity contribution < 1.29 is 13.2 Å². The van der Waals surface area contributed by atoms with Crippen molar-refractivity contribution in [3.05, 3.63) is 60.4 Å². The number of benzene rings is 2. The molecule has 7 nitrogen and oxygen atoms in total. The molecule has 0 aliphatic rings. The molecule has 0 unspecified atom stereocenters. The highest BCUT2D eigenvalue weighted by Gasteiger charge is 2.17. The van der Waals surface area contributed by atoms with E-state index in [0.717, 1.165) is 5.69 Å². The minimum absolute atomic E-state index is 0.247. The Morgan fingerprint density at radius 2 is 1.71 bits per heavy atom. The molecule has 3 aromatic rings. The Kier molecular flexibility index (Phi) is 4.30. The van der Waals surface area contributed by atoms with E-state index in [4.69, 9.17) is 4.74 Å². The summed E-state index contributed by atoms with van der Waals surface area (Å²) in [6.45, 7) is 1.83. The van der Waals surface area contributed by atoms with E-state index in [1.165, 1.54) is 18.4 Å². The highest BCUT2D eigenvalue weighted by Crippen LogP contribution is 2.23. The number of hydrogen-bond acceptors (Lipinski definition) is 6. The number of para-hydroxylation sites is 1. The Morgan fingerprint density at radius 1 is 1.04 bits per heavy atom. The molecule has 3 rings (SSSR count). The second-order valence-electron chi connectivity index (χ2n) is 5.29. The average Bonchev–Trinajstić information content (AvgIpc) is 3.05. The SMILES string of the molecule is C[C@@H](Oc1ccc(S(C)(=O)=O)cc1)c1nnnn1-c1ccccc1. The van der Waals surface area contributed by atoms with Crippen molar-refractivity contribution >= 4 is 9.84 Å². The van der Waals surface area contributed by atoms with Crippen LogP contribution in [0.3, 0.4) is 0 Å². The Labute approximate surface area is 139 Å². The van der Waals surface area contributed by atoms with Gasteiger partial charge < -0.3 is 4.74 Å². The van der Waals surface area contributed by atoms with Crippen LogP contribution in [0, 0.1) is 0 Å². The molecule has 8 heteroatoms. The molecule has 24 heavy (non-hydrogen) atoms. The average molecular weight is 344 g/mol. The first-order valence-electron chi connectivity index (χ1n) is 7.25. The van der Waals surface area contributed by atoms with Crippen LogP contribution in [-0.4, -0.2) is 34.9 Å². The number of hydrogen-bond donors (Lipinski definition) is 0. The monoisotopic (exact) mass is 344 g/mol. The summed E-state index contributed by atoms with van der Waals surface area (Å²) in [5.41, 5.74) is 0.834. The van der Waals surface area contributed by atoms with Crippen molar-refractivity contribution in [2.75, 3.05) is 6.26 Å². The van der Waals surface area contributed by atoms with Crippen LogP contribution in [-0.2, 0) is 9.84 Å². The van der Waals surface area contributed by atoms with Gasteiger partial charge in [0, 0.05) is 6.26 Å². The fraction of sp³-hybridized carbons (Fsp3) is 0.188. The van der Waals surface area contributed by atoms with Crippen molar-refractivity contribution in [1.29, 1.82) is 0 Å². The Hall–Kier alpha value is -2.74. The molecule has 0 aliphatic heterocycles. The van der Waals surface area contributed by atoms with E-state index in [-0.39, 0.29) is 4.90 Å². The number of ether oxygens (including phenoxy) is 1. The molecule has 0 aliphatic carbocycles. The molecule has 1 aromatic heterocycles. The molecule has 0 fully saturated rings. The van der Waals surface area contributed by atoms with Crippen LogP contribution in [0.1, 0.15) is 18.9 Å². The molecule has 0 spiro atoms. The normalized spacial score (nSPS) is 12.8. The van der Waals surface area contributed by atoms with Crippen LogP contribution in [0.15, 0.2) is 59.5 Å². The number of tetrazole rings is 1. The minimum Gasteiger partial charge on any atom is -0.483 e. The Morgan fingerprint density at radius 3 is 2.33 bits per heavy atom. The summed E-state index contributed by atoms with van der Waals surface area (Å²) in [4.78, 5) is 0.247. The predicted octanol–water partition coefficient (Wildman–Crippen LogP) is 2.21. The van der Waals surface area contributed by atoms with E-state index in [0.29, 0.717) is 11.6 Å². The van der Waals surface area contributed by atoms with Gasteiger partial charge in [-0.15, -0.1) is 5.10 Å². The molecule has 0 N–H and O–H groups in total. The minimum atomic E-state index is -3.23. The van der Waals surface area contributed by atoms with Gasteiger partial charge in [0.15, 0.2) is 21.8 Å². The zero-order valence-corrected chi connectivity index (χ0v) is 14.0. The highest BCUT2D eigenvalue weighted by atomic mass is 32.2. The third kappa shape index (κ3) is 3.43. The molecule has 0 amide bonds. The molecule has 2 aromatic carbocycles. The molecule has 0 saturated heterocycles. The van der Waals surface area contributed by atoms with Gasteiger partial charge in [0.05, 0.1) is 10.6 Å². The van der Waals surface area contributed by atoms with Crippen LogP contribution in [0.2, 0.25) is 0 Å². The first-order chi connectivity index (χ1) is 11.4. The van der Waals surface area contributed by atoms with Gasteiger partial charge in [-0.2, -0.15) is 4.68 Å². The lowest BCUT2D eigenvalue weighted by molar-refractivity contribution is 0.213. The summed E-state index contributed by atoms with van der Waals surface area (Å²) in [5.74, 6) is 1.09. The van der Waals surface area contributed by atoms with E-state index in [9.17, 15) is 8.42 Å². The summed E-state index contributed by atoms with van der Waals surface area (Å²) >= 11 is 0. The van der Waals surface area contributed by atoms with Gasteiger partial charge in [0.2, 0.25) is 0 Å². The van der Waals surface area contributed by atoms with Gasteiger partial charge >= 0.3 is 0 Å². The lowest BCUT2D eigenvalue weighted by Crippen LogP contribution is -2.11. The molecule has 0 saturated carbocycles. The van der Waals surface area contributed by atoms with Gasteiger partial charge in [0.1, 0.15) is 5.75 Å². The third-order valence-electron chi connectivity index (χ3n) is 3.42. The van der Waals surface area contributed by atoms with Crippen molar-refractivity contribution in [3.8, 4) is 11.4 Å². The zero-order chi connectivity index (χ0) is 17.2. The lowest BCUT2D eigenvalue weighted by Gasteiger charge is -2.14. The van der Waals surface area contributed by atoms with Gasteiger partial charge in [-0.3, -0.25) is 0 Å². The summed E-state index contributed by atoms with van der Waals surface area (Å²) < 4.78 is 30.4. The van der Waals surface area contributed by atoms with Gasteiger partial charge in [0.25, 0.3) is 0 Å². The second-order valence-corrected chi connectivity index (χ2v) is 7.30. The molecule has 1 heterocycles. The molecule has 1 atom stereocenters. The molecule has 0 bridgehead atoms. The zero-order valence-electron chi connectivity index (χ0n) is 13.2. The van der Waals surface area contributed by atoms with Crippen LogP contribution in [0.4, 0.5) is 0 Å². The third-order valence-corrected chi connectivity index (χ3v) is 4.55. The largest absolute Gasteiger partial charge is 0.483 e. The van der Waals surface area contributed by atoms with Crippen LogP contribution in [0.5, 0.6) is 5.75 Å². The van der Waals surface area contributed by atoms with Gasteiger partial charge in [-0.1, -0.05) is 18.2 Å². The predicted molar refractivity (Wildman–Crippen MR) is 87.7 cm³/mol. The van der Waals surface area contributed by atoms with E-state index in [2.05, 4.69) is 15.5 Å². The number of rotatable bonds is 5. The number of sulfone groups is 1. The molecule has 0 radical (unpaired) electrons. The smallest absolute Gasteiger partial charge is 0.196 e.